The first kappa shape index (κ1) is 34.7. The summed E-state index contributed by atoms with van der Waals surface area (Å²) in [5.74, 6) is -0.912. The molecule has 10 heteroatoms. The molecule has 0 unspecified atom stereocenters. The van der Waals surface area contributed by atoms with Crippen LogP contribution in [0, 0.1) is 50.2 Å². The quantitative estimate of drug-likeness (QED) is 0.177. The molecule has 262 valence electrons. The summed E-state index contributed by atoms with van der Waals surface area (Å²) < 4.78 is 12.0. The Bertz CT molecular complexity index is 1250. The predicted octanol–water partition coefficient (Wildman–Crippen LogP) is 3.00. The Morgan fingerprint density at radius 2 is 1.52 bits per heavy atom. The molecule has 1 aliphatic heterocycles. The number of hydrogen-bond acceptors (Lipinski definition) is 9. The molecule has 0 spiro atoms. The second-order valence-electron chi connectivity index (χ2n) is 18.0. The molecule has 0 aromatic carbocycles. The van der Waals surface area contributed by atoms with Crippen LogP contribution >= 0.6 is 0 Å². The molecule has 6 aliphatic rings. The van der Waals surface area contributed by atoms with Gasteiger partial charge in [-0.3, -0.25) is 4.79 Å². The summed E-state index contributed by atoms with van der Waals surface area (Å²) in [4.78, 5) is 13.0. The summed E-state index contributed by atoms with van der Waals surface area (Å²) in [5, 5.41) is 75.5. The van der Waals surface area contributed by atoms with Crippen LogP contribution in [0.1, 0.15) is 99.8 Å². The molecule has 0 aromatic heterocycles. The third-order valence-corrected chi connectivity index (χ3v) is 15.4. The van der Waals surface area contributed by atoms with Crippen molar-refractivity contribution < 1.29 is 50.0 Å². The Hall–Kier alpha value is -1.11. The summed E-state index contributed by atoms with van der Waals surface area (Å²) in [5.41, 5.74) is -1.64. The molecular weight excluding hydrogens is 592 g/mol. The minimum Gasteiger partial charge on any atom is -0.481 e. The number of allylic oxidation sites excluding steroid dienone is 1. The van der Waals surface area contributed by atoms with Crippen LogP contribution in [-0.4, -0.2) is 97.3 Å². The molecule has 6 rings (SSSR count). The van der Waals surface area contributed by atoms with E-state index < -0.39 is 78.3 Å². The highest BCUT2D eigenvalue weighted by molar-refractivity contribution is 5.77. The summed E-state index contributed by atoms with van der Waals surface area (Å²) in [6.45, 7) is 14.7. The first-order valence-electron chi connectivity index (χ1n) is 17.5. The maximum absolute atomic E-state index is 13.0. The first-order valence-corrected chi connectivity index (χ1v) is 17.5. The Kier molecular flexibility index (Phi) is 8.27. The second kappa shape index (κ2) is 10.9. The molecule has 0 bridgehead atoms. The van der Waals surface area contributed by atoms with Crippen molar-refractivity contribution in [3.8, 4) is 0 Å². The fourth-order valence-corrected chi connectivity index (χ4v) is 12.2. The van der Waals surface area contributed by atoms with E-state index >= 15 is 0 Å². The molecule has 5 aliphatic carbocycles. The van der Waals surface area contributed by atoms with Gasteiger partial charge in [0, 0.05) is 5.92 Å². The van der Waals surface area contributed by atoms with Crippen molar-refractivity contribution in [2.45, 2.75) is 149 Å². The molecule has 46 heavy (non-hydrogen) atoms. The Balaban J connectivity index is 1.37. The van der Waals surface area contributed by atoms with Gasteiger partial charge in [-0.25, -0.2) is 0 Å². The smallest absolute Gasteiger partial charge is 0.310 e. The highest BCUT2D eigenvalue weighted by Crippen LogP contribution is 2.76. The lowest BCUT2D eigenvalue weighted by atomic mass is 9.33. The first-order chi connectivity index (χ1) is 21.2. The number of carbonyl (C=O) groups is 1. The third kappa shape index (κ3) is 4.46. The summed E-state index contributed by atoms with van der Waals surface area (Å²) in [6.07, 6.45) is -1.67. The normalized spacial score (nSPS) is 54.4. The molecule has 10 nitrogen and oxygen atoms in total. The summed E-state index contributed by atoms with van der Waals surface area (Å²) in [7, 11) is 0. The highest BCUT2D eigenvalue weighted by Gasteiger charge is 2.71. The number of carboxylic acid groups (broad SMARTS) is 1. The van der Waals surface area contributed by atoms with Crippen molar-refractivity contribution in [3.05, 3.63) is 11.6 Å². The lowest BCUT2D eigenvalue weighted by molar-refractivity contribution is -0.335. The summed E-state index contributed by atoms with van der Waals surface area (Å²) >= 11 is 0. The predicted molar refractivity (Wildman–Crippen MR) is 168 cm³/mol. The molecule has 4 saturated carbocycles. The summed E-state index contributed by atoms with van der Waals surface area (Å²) in [6, 6.07) is 0. The van der Waals surface area contributed by atoms with Gasteiger partial charge in [0.1, 0.15) is 24.4 Å². The van der Waals surface area contributed by atoms with Gasteiger partial charge in [-0.15, -0.1) is 0 Å². The average Bonchev–Trinajstić information content (AvgIpc) is 2.98. The van der Waals surface area contributed by atoms with E-state index in [-0.39, 0.29) is 33.5 Å². The maximum atomic E-state index is 13.0. The van der Waals surface area contributed by atoms with E-state index in [1.165, 1.54) is 0 Å². The van der Waals surface area contributed by atoms with Crippen molar-refractivity contribution in [3.63, 3.8) is 0 Å². The van der Waals surface area contributed by atoms with E-state index in [1.807, 2.05) is 0 Å². The zero-order valence-electron chi connectivity index (χ0n) is 28.6. The van der Waals surface area contributed by atoms with Crippen LogP contribution < -0.4 is 0 Å². The van der Waals surface area contributed by atoms with Crippen LogP contribution in [0.2, 0.25) is 0 Å². The van der Waals surface area contributed by atoms with E-state index in [9.17, 15) is 40.5 Å². The van der Waals surface area contributed by atoms with Gasteiger partial charge in [0.05, 0.1) is 30.3 Å². The zero-order valence-corrected chi connectivity index (χ0v) is 28.6. The Morgan fingerprint density at radius 1 is 0.870 bits per heavy atom. The van der Waals surface area contributed by atoms with Gasteiger partial charge in [-0.1, -0.05) is 60.1 Å². The zero-order chi connectivity index (χ0) is 34.0. The standard InChI is InChI=1S/C36H58O10/c1-31(2)12-14-36(30(43)44)15-13-34(6)18(23(36)28(31)42)8-9-22-33(5)16-19(27(41)32(3,4)21(33)10-11-35(22,34)7)45-29-26(40)25(39)24(38)20(17-37)46-29/h8,19-29,37-42H,9-17H2,1-7H3,(H,43,44)/t19-,20-,21+,22-,23+,24-,25+,26-,27-,28+,29-,33+,34-,35-,36+/m1/s1. The van der Waals surface area contributed by atoms with Crippen molar-refractivity contribution in [1.29, 1.82) is 0 Å². The third-order valence-electron chi connectivity index (χ3n) is 15.4. The number of carboxylic acids is 1. The van der Waals surface area contributed by atoms with E-state index in [1.54, 1.807) is 0 Å². The SMILES string of the molecule is CC1(C)CC[C@]2(C(=O)O)CC[C@]3(C)C(=CC[C@@H]4[C@@]5(C)C[C@@H](O[C@@H]6O[C@H](CO)[C@@H](O)[C@H](O)[C@H]6O)[C@@H](O)C(C)(C)[C@@H]5CC[C@]43C)[C@H]2[C@@H]1O. The largest absolute Gasteiger partial charge is 0.481 e. The van der Waals surface area contributed by atoms with Crippen LogP contribution in [0.25, 0.3) is 0 Å². The van der Waals surface area contributed by atoms with E-state index in [4.69, 9.17) is 9.47 Å². The number of fused-ring (bicyclic) bond motifs is 7. The minimum absolute atomic E-state index is 0.155. The number of hydrogen-bond donors (Lipinski definition) is 7. The number of ether oxygens (including phenoxy) is 2. The number of aliphatic carboxylic acids is 1. The van der Waals surface area contributed by atoms with Crippen molar-refractivity contribution in [1.82, 2.24) is 0 Å². The molecule has 15 atom stereocenters. The van der Waals surface area contributed by atoms with E-state index in [0.717, 1.165) is 31.3 Å². The highest BCUT2D eigenvalue weighted by atomic mass is 16.7. The van der Waals surface area contributed by atoms with Gasteiger partial charge >= 0.3 is 5.97 Å². The number of aliphatic hydroxyl groups is 6. The minimum atomic E-state index is -1.57. The second-order valence-corrected chi connectivity index (χ2v) is 18.0. The van der Waals surface area contributed by atoms with Gasteiger partial charge in [0.25, 0.3) is 0 Å². The van der Waals surface area contributed by atoms with Gasteiger partial charge < -0.3 is 45.2 Å². The van der Waals surface area contributed by atoms with Crippen LogP contribution in [-0.2, 0) is 14.3 Å². The Morgan fingerprint density at radius 3 is 2.15 bits per heavy atom. The lowest BCUT2D eigenvalue weighted by Crippen LogP contribution is -2.69. The molecule has 1 saturated heterocycles. The molecular formula is C36H58O10. The Labute approximate surface area is 273 Å². The number of rotatable bonds is 4. The lowest BCUT2D eigenvalue weighted by Gasteiger charge is -2.72. The van der Waals surface area contributed by atoms with Crippen molar-refractivity contribution in [2.24, 2.45) is 50.2 Å². The monoisotopic (exact) mass is 650 g/mol. The van der Waals surface area contributed by atoms with Gasteiger partial charge in [-0.2, -0.15) is 0 Å². The van der Waals surface area contributed by atoms with Crippen molar-refractivity contribution >= 4 is 5.97 Å². The maximum Gasteiger partial charge on any atom is 0.310 e. The van der Waals surface area contributed by atoms with Crippen LogP contribution in [0.4, 0.5) is 0 Å². The van der Waals surface area contributed by atoms with Gasteiger partial charge in [-0.05, 0) is 90.3 Å². The van der Waals surface area contributed by atoms with E-state index in [0.29, 0.717) is 25.7 Å². The molecule has 5 fully saturated rings. The molecule has 7 N–H and O–H groups in total. The molecule has 1 heterocycles. The number of aliphatic hydroxyl groups excluding tert-OH is 6. The molecule has 0 amide bonds. The average molecular weight is 651 g/mol. The van der Waals surface area contributed by atoms with E-state index in [2.05, 4.69) is 54.5 Å². The van der Waals surface area contributed by atoms with Gasteiger partial charge in [0.15, 0.2) is 6.29 Å². The van der Waals surface area contributed by atoms with Gasteiger partial charge in [0.2, 0.25) is 0 Å². The fraction of sp³-hybridized carbons (Fsp3) is 0.917. The molecule has 0 aromatic rings. The van der Waals surface area contributed by atoms with Crippen LogP contribution in [0.5, 0.6) is 0 Å². The topological polar surface area (TPSA) is 177 Å². The fourth-order valence-electron chi connectivity index (χ4n) is 12.2. The molecule has 0 radical (unpaired) electrons. The van der Waals surface area contributed by atoms with Crippen LogP contribution in [0.15, 0.2) is 11.6 Å². The van der Waals surface area contributed by atoms with Crippen LogP contribution in [0.3, 0.4) is 0 Å². The van der Waals surface area contributed by atoms with Crippen molar-refractivity contribution in [2.75, 3.05) is 6.61 Å².